The van der Waals surface area contributed by atoms with Gasteiger partial charge in [0.25, 0.3) is 0 Å². The van der Waals surface area contributed by atoms with Crippen LogP contribution in [0.3, 0.4) is 0 Å². The quantitative estimate of drug-likeness (QED) is 0.693. The summed E-state index contributed by atoms with van der Waals surface area (Å²) in [4.78, 5) is 2.73. The average molecular weight is 296 g/mol. The lowest BCUT2D eigenvalue weighted by Gasteiger charge is -2.50. The van der Waals surface area contributed by atoms with Crippen LogP contribution in [-0.4, -0.2) is 49.3 Å². The molecule has 2 aliphatic rings. The van der Waals surface area contributed by atoms with Crippen LogP contribution in [0.15, 0.2) is 0 Å². The molecule has 0 aromatic carbocycles. The Balaban J connectivity index is 1.82. The van der Waals surface area contributed by atoms with Gasteiger partial charge >= 0.3 is 0 Å². The zero-order valence-electron chi connectivity index (χ0n) is 14.3. The first kappa shape index (κ1) is 17.2. The molecule has 1 heterocycles. The maximum absolute atomic E-state index is 5.82. The summed E-state index contributed by atoms with van der Waals surface area (Å²) in [5.41, 5.74) is 0.423. The number of hydrogen-bond acceptors (Lipinski definition) is 3. The molecular weight excluding hydrogens is 260 g/mol. The Morgan fingerprint density at radius 3 is 2.62 bits per heavy atom. The van der Waals surface area contributed by atoms with Crippen LogP contribution < -0.4 is 5.32 Å². The lowest BCUT2D eigenvalue weighted by atomic mass is 9.79. The number of rotatable bonds is 8. The predicted molar refractivity (Wildman–Crippen MR) is 89.8 cm³/mol. The van der Waals surface area contributed by atoms with Crippen LogP contribution in [0.4, 0.5) is 0 Å². The van der Waals surface area contributed by atoms with Gasteiger partial charge in [0.15, 0.2) is 0 Å². The molecule has 0 amide bonds. The van der Waals surface area contributed by atoms with Gasteiger partial charge in [0, 0.05) is 37.8 Å². The van der Waals surface area contributed by atoms with Crippen molar-refractivity contribution in [1.29, 1.82) is 0 Å². The summed E-state index contributed by atoms with van der Waals surface area (Å²) in [5, 5.41) is 3.93. The van der Waals surface area contributed by atoms with Gasteiger partial charge in [-0.2, -0.15) is 0 Å². The smallest absolute Gasteiger partial charge is 0.0593 e. The number of unbranched alkanes of at least 4 members (excludes halogenated alkanes) is 1. The molecule has 1 unspecified atom stereocenters. The van der Waals surface area contributed by atoms with E-state index in [1.165, 1.54) is 70.9 Å². The Morgan fingerprint density at radius 1 is 1.10 bits per heavy atom. The third kappa shape index (κ3) is 5.22. The first-order valence-electron chi connectivity index (χ1n) is 9.36. The van der Waals surface area contributed by atoms with Crippen LogP contribution in [0.1, 0.15) is 71.6 Å². The second-order valence-electron chi connectivity index (χ2n) is 7.10. The molecule has 1 atom stereocenters. The Morgan fingerprint density at radius 2 is 1.90 bits per heavy atom. The summed E-state index contributed by atoms with van der Waals surface area (Å²) in [7, 11) is 0. The van der Waals surface area contributed by atoms with Crippen LogP contribution in [0.2, 0.25) is 0 Å². The number of nitrogens with one attached hydrogen (secondary N) is 1. The summed E-state index contributed by atoms with van der Waals surface area (Å²) in [6.07, 6.45) is 12.0. The molecule has 0 aromatic heterocycles. The molecule has 1 saturated carbocycles. The molecule has 3 nitrogen and oxygen atoms in total. The van der Waals surface area contributed by atoms with E-state index in [-0.39, 0.29) is 0 Å². The van der Waals surface area contributed by atoms with Crippen molar-refractivity contribution in [3.8, 4) is 0 Å². The molecule has 124 valence electrons. The fourth-order valence-corrected chi connectivity index (χ4v) is 4.01. The maximum Gasteiger partial charge on any atom is 0.0593 e. The first-order chi connectivity index (χ1) is 10.3. The van der Waals surface area contributed by atoms with Crippen molar-refractivity contribution in [2.45, 2.75) is 83.2 Å². The van der Waals surface area contributed by atoms with Gasteiger partial charge < -0.3 is 10.1 Å². The molecule has 2 rings (SSSR count). The van der Waals surface area contributed by atoms with E-state index in [0.29, 0.717) is 5.54 Å². The molecule has 0 radical (unpaired) electrons. The highest BCUT2D eigenvalue weighted by atomic mass is 16.5. The third-order valence-electron chi connectivity index (χ3n) is 5.33. The number of hydrogen-bond donors (Lipinski definition) is 1. The summed E-state index contributed by atoms with van der Waals surface area (Å²) in [6, 6.07) is 0.720. The van der Waals surface area contributed by atoms with Gasteiger partial charge in [-0.15, -0.1) is 0 Å². The Labute approximate surface area is 131 Å². The van der Waals surface area contributed by atoms with Crippen LogP contribution in [0, 0.1) is 0 Å². The summed E-state index contributed by atoms with van der Waals surface area (Å²) in [6.45, 7) is 9.93. The van der Waals surface area contributed by atoms with Crippen molar-refractivity contribution in [3.05, 3.63) is 0 Å². The van der Waals surface area contributed by atoms with Gasteiger partial charge in [0.05, 0.1) is 6.61 Å². The highest BCUT2D eigenvalue weighted by molar-refractivity contribution is 4.99. The molecule has 2 fully saturated rings. The van der Waals surface area contributed by atoms with Crippen molar-refractivity contribution < 1.29 is 4.74 Å². The predicted octanol–water partition coefficient (Wildman–Crippen LogP) is 3.58. The third-order valence-corrected chi connectivity index (χ3v) is 5.33. The SMILES string of the molecule is CCCCOCCN1CC2(CCCCC2)NCC1CCC. The highest BCUT2D eigenvalue weighted by Crippen LogP contribution is 2.32. The maximum atomic E-state index is 5.82. The van der Waals surface area contributed by atoms with Crippen LogP contribution >= 0.6 is 0 Å². The van der Waals surface area contributed by atoms with Crippen LogP contribution in [0.5, 0.6) is 0 Å². The second-order valence-corrected chi connectivity index (χ2v) is 7.10. The molecule has 21 heavy (non-hydrogen) atoms. The second kappa shape index (κ2) is 9.12. The van der Waals surface area contributed by atoms with E-state index < -0.39 is 0 Å². The average Bonchev–Trinajstić information content (AvgIpc) is 2.51. The van der Waals surface area contributed by atoms with E-state index in [9.17, 15) is 0 Å². The van der Waals surface area contributed by atoms with Gasteiger partial charge in [-0.3, -0.25) is 4.90 Å². The van der Waals surface area contributed by atoms with Crippen molar-refractivity contribution in [2.75, 3.05) is 32.8 Å². The highest BCUT2D eigenvalue weighted by Gasteiger charge is 2.39. The van der Waals surface area contributed by atoms with Crippen LogP contribution in [-0.2, 0) is 4.74 Å². The standard InChI is InChI=1S/C18H36N2O/c1-3-5-13-21-14-12-20-16-18(10-7-6-8-11-18)19-15-17(20)9-4-2/h17,19H,3-16H2,1-2H3. The molecule has 1 spiro atoms. The van der Waals surface area contributed by atoms with Gasteiger partial charge in [0.2, 0.25) is 0 Å². The molecule has 0 aromatic rings. The number of nitrogens with zero attached hydrogens (tertiary/aromatic N) is 1. The zero-order valence-corrected chi connectivity index (χ0v) is 14.3. The largest absolute Gasteiger partial charge is 0.380 e. The monoisotopic (exact) mass is 296 g/mol. The van der Waals surface area contributed by atoms with E-state index in [0.717, 1.165) is 25.8 Å². The fourth-order valence-electron chi connectivity index (χ4n) is 4.01. The van der Waals surface area contributed by atoms with E-state index in [2.05, 4.69) is 24.1 Å². The Hall–Kier alpha value is -0.120. The molecule has 1 saturated heterocycles. The Kier molecular flexibility index (Phi) is 7.48. The van der Waals surface area contributed by atoms with Gasteiger partial charge in [0.1, 0.15) is 0 Å². The first-order valence-corrected chi connectivity index (χ1v) is 9.36. The minimum atomic E-state index is 0.423. The topological polar surface area (TPSA) is 24.5 Å². The normalized spacial score (nSPS) is 26.3. The summed E-state index contributed by atoms with van der Waals surface area (Å²) in [5.74, 6) is 0. The van der Waals surface area contributed by atoms with Crippen molar-refractivity contribution in [3.63, 3.8) is 0 Å². The van der Waals surface area contributed by atoms with E-state index in [4.69, 9.17) is 4.74 Å². The lowest BCUT2D eigenvalue weighted by Crippen LogP contribution is -2.65. The minimum Gasteiger partial charge on any atom is -0.380 e. The van der Waals surface area contributed by atoms with Crippen molar-refractivity contribution >= 4 is 0 Å². The van der Waals surface area contributed by atoms with Crippen molar-refractivity contribution in [2.24, 2.45) is 0 Å². The van der Waals surface area contributed by atoms with E-state index in [1.54, 1.807) is 0 Å². The van der Waals surface area contributed by atoms with E-state index in [1.807, 2.05) is 0 Å². The van der Waals surface area contributed by atoms with E-state index >= 15 is 0 Å². The minimum absolute atomic E-state index is 0.423. The van der Waals surface area contributed by atoms with Gasteiger partial charge in [-0.1, -0.05) is 46.0 Å². The summed E-state index contributed by atoms with van der Waals surface area (Å²) >= 11 is 0. The molecule has 0 bridgehead atoms. The molecular formula is C18H36N2O. The fraction of sp³-hybridized carbons (Fsp3) is 1.00. The van der Waals surface area contributed by atoms with Gasteiger partial charge in [-0.25, -0.2) is 0 Å². The number of piperazine rings is 1. The van der Waals surface area contributed by atoms with Crippen molar-refractivity contribution in [1.82, 2.24) is 10.2 Å². The Bertz CT molecular complexity index is 276. The van der Waals surface area contributed by atoms with Crippen LogP contribution in [0.25, 0.3) is 0 Å². The molecule has 1 aliphatic heterocycles. The molecule has 1 aliphatic carbocycles. The molecule has 3 heteroatoms. The lowest BCUT2D eigenvalue weighted by molar-refractivity contribution is 0.0241. The molecule has 1 N–H and O–H groups in total. The number of ether oxygens (including phenoxy) is 1. The van der Waals surface area contributed by atoms with Gasteiger partial charge in [-0.05, 0) is 25.7 Å². The zero-order chi connectivity index (χ0) is 15.0. The summed E-state index contributed by atoms with van der Waals surface area (Å²) < 4.78 is 5.82.